The summed E-state index contributed by atoms with van der Waals surface area (Å²) in [5, 5.41) is 10.6. The highest BCUT2D eigenvalue weighted by Gasteiger charge is 2.95. The Hall–Kier alpha value is -2.37. The first-order valence-electron chi connectivity index (χ1n) is 13.7. The first-order valence-corrected chi connectivity index (χ1v) is 13.7. The van der Waals surface area contributed by atoms with Crippen LogP contribution < -0.4 is 0 Å². The standard InChI is InChI=1S/C30H32N2O3/c33-21-10-9-20-13-25-30-24-15-23-26(28(30,22(20)14-21)11-12-31(25)16-18-5-4-6-18)29(24,35-30)17-32(23)27(34)19-7-2-1-3-8-19/h1-3,7-10,14,18,23-26,33H,4-6,11-13,15-17H2. The smallest absolute Gasteiger partial charge is 0.254 e. The number of carbonyl (C=O) groups excluding carboxylic acids is 1. The Bertz CT molecular complexity index is 1280. The van der Waals surface area contributed by atoms with Gasteiger partial charge in [0.05, 0.1) is 12.1 Å². The van der Waals surface area contributed by atoms with E-state index in [1.54, 1.807) is 0 Å². The number of hydrogen-bond acceptors (Lipinski definition) is 4. The predicted molar refractivity (Wildman–Crippen MR) is 130 cm³/mol. The van der Waals surface area contributed by atoms with E-state index in [4.69, 9.17) is 4.74 Å². The maximum Gasteiger partial charge on any atom is 0.254 e. The Morgan fingerprint density at radius 2 is 2.00 bits per heavy atom. The van der Waals surface area contributed by atoms with Gasteiger partial charge < -0.3 is 14.7 Å². The maximum absolute atomic E-state index is 13.6. The van der Waals surface area contributed by atoms with Crippen molar-refractivity contribution in [2.24, 2.45) is 17.8 Å². The van der Waals surface area contributed by atoms with E-state index in [-0.39, 0.29) is 28.6 Å². The fourth-order valence-electron chi connectivity index (χ4n) is 10.5. The number of amides is 1. The third-order valence-electron chi connectivity index (χ3n) is 11.6. The molecule has 1 N–H and O–H groups in total. The summed E-state index contributed by atoms with van der Waals surface area (Å²) in [6.07, 6.45) is 7.33. The number of hydrogen-bond donors (Lipinski definition) is 1. The van der Waals surface area contributed by atoms with Crippen LogP contribution in [0.5, 0.6) is 5.75 Å². The number of phenolic OH excluding ortho intramolecular Hbond substituents is 1. The quantitative estimate of drug-likeness (QED) is 0.746. The molecular weight excluding hydrogens is 436 g/mol. The molecule has 6 fully saturated rings. The zero-order valence-electron chi connectivity index (χ0n) is 20.0. The van der Waals surface area contributed by atoms with E-state index in [0.29, 0.717) is 23.6 Å². The molecule has 5 heteroatoms. The number of piperidine rings is 2. The molecule has 35 heavy (non-hydrogen) atoms. The Kier molecular flexibility index (Phi) is 3.46. The molecule has 5 nitrogen and oxygen atoms in total. The molecule has 7 atom stereocenters. The largest absolute Gasteiger partial charge is 0.508 e. The molecule has 3 saturated heterocycles. The highest BCUT2D eigenvalue weighted by atomic mass is 16.6. The first-order chi connectivity index (χ1) is 17.1. The van der Waals surface area contributed by atoms with E-state index < -0.39 is 0 Å². The van der Waals surface area contributed by atoms with E-state index in [1.807, 2.05) is 36.4 Å². The van der Waals surface area contributed by atoms with Gasteiger partial charge in [0.1, 0.15) is 11.4 Å². The number of ether oxygens (including phenoxy) is 1. The molecule has 3 aliphatic heterocycles. The third kappa shape index (κ3) is 1.97. The molecule has 0 aromatic heterocycles. The van der Waals surface area contributed by atoms with Gasteiger partial charge in [-0.1, -0.05) is 30.7 Å². The van der Waals surface area contributed by atoms with Crippen molar-refractivity contribution in [1.82, 2.24) is 9.80 Å². The Balaban J connectivity index is 1.17. The minimum atomic E-state index is -0.201. The van der Waals surface area contributed by atoms with Crippen LogP contribution in [0.25, 0.3) is 0 Å². The van der Waals surface area contributed by atoms with Gasteiger partial charge in [-0.05, 0) is 80.0 Å². The monoisotopic (exact) mass is 468 g/mol. The lowest BCUT2D eigenvalue weighted by Crippen LogP contribution is -2.81. The first kappa shape index (κ1) is 19.8. The van der Waals surface area contributed by atoms with E-state index in [0.717, 1.165) is 43.8 Å². The number of nitrogens with zero attached hydrogens (tertiary/aromatic N) is 2. The van der Waals surface area contributed by atoms with Crippen molar-refractivity contribution in [1.29, 1.82) is 0 Å². The van der Waals surface area contributed by atoms with Gasteiger partial charge in [-0.3, -0.25) is 9.69 Å². The molecule has 0 radical (unpaired) electrons. The normalized spacial score (nSPS) is 43.9. The highest BCUT2D eigenvalue weighted by molar-refractivity contribution is 5.95. The number of rotatable bonds is 3. The maximum atomic E-state index is 13.6. The predicted octanol–water partition coefficient (Wildman–Crippen LogP) is 3.74. The number of fused-ring (bicyclic) bond motifs is 1. The minimum absolute atomic E-state index is 0.0839. The van der Waals surface area contributed by atoms with Gasteiger partial charge in [0.15, 0.2) is 0 Å². The topological polar surface area (TPSA) is 53.0 Å². The molecular formula is C30H32N2O3. The van der Waals surface area contributed by atoms with Gasteiger partial charge >= 0.3 is 0 Å². The van der Waals surface area contributed by atoms with Gasteiger partial charge in [-0.2, -0.15) is 0 Å². The number of benzene rings is 2. The van der Waals surface area contributed by atoms with Gasteiger partial charge in [0.2, 0.25) is 0 Å². The van der Waals surface area contributed by atoms with Crippen molar-refractivity contribution < 1.29 is 14.6 Å². The zero-order chi connectivity index (χ0) is 23.2. The summed E-state index contributed by atoms with van der Waals surface area (Å²) in [5.74, 6) is 2.23. The van der Waals surface area contributed by atoms with Crippen LogP contribution >= 0.6 is 0 Å². The number of phenols is 1. The van der Waals surface area contributed by atoms with Crippen LogP contribution in [0.2, 0.25) is 0 Å². The highest BCUT2D eigenvalue weighted by Crippen LogP contribution is 2.85. The Morgan fingerprint density at radius 1 is 1.14 bits per heavy atom. The minimum Gasteiger partial charge on any atom is -0.508 e. The third-order valence-corrected chi connectivity index (χ3v) is 11.6. The van der Waals surface area contributed by atoms with Crippen LogP contribution in [0, 0.1) is 17.8 Å². The van der Waals surface area contributed by atoms with Gasteiger partial charge in [-0.25, -0.2) is 0 Å². The second-order valence-electron chi connectivity index (χ2n) is 12.6. The van der Waals surface area contributed by atoms with Crippen molar-refractivity contribution in [3.8, 4) is 5.75 Å². The zero-order valence-corrected chi connectivity index (χ0v) is 20.0. The molecule has 2 spiro atoms. The second kappa shape index (κ2) is 6.12. The average molecular weight is 469 g/mol. The van der Waals surface area contributed by atoms with Crippen LogP contribution in [0.3, 0.4) is 0 Å². The Morgan fingerprint density at radius 3 is 2.80 bits per heavy atom. The molecule has 4 aliphatic carbocycles. The molecule has 2 aromatic rings. The molecule has 2 aromatic carbocycles. The number of aromatic hydroxyl groups is 1. The molecule has 1 amide bonds. The lowest BCUT2D eigenvalue weighted by molar-refractivity contribution is -0.325. The summed E-state index contributed by atoms with van der Waals surface area (Å²) in [4.78, 5) is 18.6. The molecule has 3 heterocycles. The molecule has 180 valence electrons. The van der Waals surface area contributed by atoms with Crippen LogP contribution in [-0.2, 0) is 16.6 Å². The lowest BCUT2D eigenvalue weighted by Gasteiger charge is -2.70. The van der Waals surface area contributed by atoms with E-state index in [9.17, 15) is 9.90 Å². The average Bonchev–Trinajstić information content (AvgIpc) is 3.47. The summed E-state index contributed by atoms with van der Waals surface area (Å²) in [7, 11) is 0. The van der Waals surface area contributed by atoms with E-state index in [2.05, 4.69) is 21.9 Å². The van der Waals surface area contributed by atoms with Crippen LogP contribution in [0.15, 0.2) is 48.5 Å². The van der Waals surface area contributed by atoms with Crippen molar-refractivity contribution in [3.63, 3.8) is 0 Å². The summed E-state index contributed by atoms with van der Waals surface area (Å²) in [6, 6.07) is 16.5. The Labute approximate surface area is 206 Å². The van der Waals surface area contributed by atoms with E-state index >= 15 is 0 Å². The number of likely N-dealkylation sites (tertiary alicyclic amines) is 2. The molecule has 7 bridgehead atoms. The van der Waals surface area contributed by atoms with Crippen molar-refractivity contribution in [2.45, 2.75) is 67.2 Å². The summed E-state index contributed by atoms with van der Waals surface area (Å²) >= 11 is 0. The summed E-state index contributed by atoms with van der Waals surface area (Å²) < 4.78 is 7.32. The number of carbonyl (C=O) groups is 1. The fraction of sp³-hybridized carbons (Fsp3) is 0.567. The van der Waals surface area contributed by atoms with Crippen molar-refractivity contribution in [3.05, 3.63) is 65.2 Å². The fourth-order valence-corrected chi connectivity index (χ4v) is 10.5. The molecule has 9 rings (SSSR count). The van der Waals surface area contributed by atoms with Crippen LogP contribution in [-0.4, -0.2) is 63.7 Å². The lowest BCUT2D eigenvalue weighted by atomic mass is 9.48. The van der Waals surface area contributed by atoms with E-state index in [1.165, 1.54) is 36.9 Å². The summed E-state index contributed by atoms with van der Waals surface area (Å²) in [6.45, 7) is 3.06. The molecule has 7 unspecified atom stereocenters. The molecule has 7 aliphatic rings. The van der Waals surface area contributed by atoms with Crippen molar-refractivity contribution in [2.75, 3.05) is 19.6 Å². The summed E-state index contributed by atoms with van der Waals surface area (Å²) in [5.41, 5.74) is 3.09. The van der Waals surface area contributed by atoms with Crippen LogP contribution in [0.1, 0.15) is 53.6 Å². The van der Waals surface area contributed by atoms with Gasteiger partial charge in [-0.15, -0.1) is 0 Å². The second-order valence-corrected chi connectivity index (χ2v) is 12.6. The van der Waals surface area contributed by atoms with Gasteiger partial charge in [0, 0.05) is 41.4 Å². The molecule has 3 saturated carbocycles. The van der Waals surface area contributed by atoms with Crippen molar-refractivity contribution >= 4 is 5.91 Å². The SMILES string of the molecule is O=C(c1ccccc1)N1CC23OC45C6Cc7ccc(O)cc7C4(CCN6CC4CCC4)C2C1CC35. The van der Waals surface area contributed by atoms with Gasteiger partial charge in [0.25, 0.3) is 5.91 Å². The van der Waals surface area contributed by atoms with Crippen LogP contribution in [0.4, 0.5) is 0 Å².